The summed E-state index contributed by atoms with van der Waals surface area (Å²) in [6.07, 6.45) is 5.53. The number of anilines is 1. The SMILES string of the molecule is Cc1nsc(N2CCSC3CCCCC32)n1. The van der Waals surface area contributed by atoms with Gasteiger partial charge in [0.2, 0.25) is 5.13 Å². The zero-order chi connectivity index (χ0) is 11.0. The average Bonchev–Trinajstić information content (AvgIpc) is 2.75. The maximum atomic E-state index is 4.55. The molecule has 0 amide bonds. The molecule has 0 aromatic carbocycles. The van der Waals surface area contributed by atoms with Gasteiger partial charge in [0.15, 0.2) is 0 Å². The average molecular weight is 255 g/mol. The van der Waals surface area contributed by atoms with Gasteiger partial charge in [-0.05, 0) is 19.8 Å². The van der Waals surface area contributed by atoms with Crippen molar-refractivity contribution in [2.24, 2.45) is 0 Å². The second-order valence-corrected chi connectivity index (χ2v) is 6.66. The summed E-state index contributed by atoms with van der Waals surface area (Å²) in [6, 6.07) is 0.722. The van der Waals surface area contributed by atoms with Crippen molar-refractivity contribution in [1.29, 1.82) is 0 Å². The molecule has 88 valence electrons. The van der Waals surface area contributed by atoms with Gasteiger partial charge in [-0.25, -0.2) is 4.98 Å². The van der Waals surface area contributed by atoms with Gasteiger partial charge >= 0.3 is 0 Å². The number of nitrogens with zero attached hydrogens (tertiary/aromatic N) is 3. The molecule has 1 aromatic heterocycles. The van der Waals surface area contributed by atoms with Crippen LogP contribution in [0.3, 0.4) is 0 Å². The third-order valence-electron chi connectivity index (χ3n) is 3.49. The van der Waals surface area contributed by atoms with E-state index in [2.05, 4.69) is 26.0 Å². The minimum Gasteiger partial charge on any atom is -0.342 e. The van der Waals surface area contributed by atoms with Crippen LogP contribution in [0.25, 0.3) is 0 Å². The first-order valence-electron chi connectivity index (χ1n) is 6.03. The lowest BCUT2D eigenvalue weighted by Gasteiger charge is -2.43. The van der Waals surface area contributed by atoms with Crippen LogP contribution in [0.5, 0.6) is 0 Å². The van der Waals surface area contributed by atoms with Crippen molar-refractivity contribution in [1.82, 2.24) is 9.36 Å². The smallest absolute Gasteiger partial charge is 0.205 e. The molecular formula is C11H17N3S2. The van der Waals surface area contributed by atoms with Crippen molar-refractivity contribution in [2.75, 3.05) is 17.2 Å². The van der Waals surface area contributed by atoms with Crippen LogP contribution in [0.1, 0.15) is 31.5 Å². The number of aryl methyl sites for hydroxylation is 1. The third kappa shape index (κ3) is 1.95. The number of fused-ring (bicyclic) bond motifs is 1. The van der Waals surface area contributed by atoms with E-state index in [0.29, 0.717) is 0 Å². The molecule has 1 saturated heterocycles. The van der Waals surface area contributed by atoms with Gasteiger partial charge in [-0.3, -0.25) is 0 Å². The van der Waals surface area contributed by atoms with Crippen LogP contribution in [-0.2, 0) is 0 Å². The van der Waals surface area contributed by atoms with E-state index in [-0.39, 0.29) is 0 Å². The van der Waals surface area contributed by atoms with Crippen LogP contribution >= 0.6 is 23.3 Å². The topological polar surface area (TPSA) is 29.0 Å². The number of thioether (sulfide) groups is 1. The molecular weight excluding hydrogens is 238 g/mol. The van der Waals surface area contributed by atoms with Crippen molar-refractivity contribution in [3.8, 4) is 0 Å². The normalized spacial score (nSPS) is 30.2. The van der Waals surface area contributed by atoms with Crippen molar-refractivity contribution < 1.29 is 0 Å². The number of hydrogen-bond donors (Lipinski definition) is 0. The third-order valence-corrected chi connectivity index (χ3v) is 5.74. The molecule has 0 radical (unpaired) electrons. The van der Waals surface area contributed by atoms with E-state index in [9.17, 15) is 0 Å². The molecule has 16 heavy (non-hydrogen) atoms. The summed E-state index contributed by atoms with van der Waals surface area (Å²) in [4.78, 5) is 7.07. The number of aromatic nitrogens is 2. The maximum Gasteiger partial charge on any atom is 0.205 e. The Morgan fingerprint density at radius 3 is 3.00 bits per heavy atom. The fourth-order valence-electron chi connectivity index (χ4n) is 2.74. The molecule has 1 aliphatic heterocycles. The number of rotatable bonds is 1. The summed E-state index contributed by atoms with van der Waals surface area (Å²) in [7, 11) is 0. The van der Waals surface area contributed by atoms with E-state index >= 15 is 0 Å². The van der Waals surface area contributed by atoms with Crippen molar-refractivity contribution in [2.45, 2.75) is 43.9 Å². The van der Waals surface area contributed by atoms with Crippen LogP contribution < -0.4 is 4.90 Å². The monoisotopic (exact) mass is 255 g/mol. The molecule has 3 nitrogen and oxygen atoms in total. The predicted octanol–water partition coefficient (Wildman–Crippen LogP) is 2.71. The quantitative estimate of drug-likeness (QED) is 0.771. The Morgan fingerprint density at radius 2 is 2.19 bits per heavy atom. The van der Waals surface area contributed by atoms with Crippen molar-refractivity contribution in [3.63, 3.8) is 0 Å². The highest BCUT2D eigenvalue weighted by Gasteiger charge is 2.35. The number of hydrogen-bond acceptors (Lipinski definition) is 5. The van der Waals surface area contributed by atoms with Crippen LogP contribution in [-0.4, -0.2) is 32.9 Å². The van der Waals surface area contributed by atoms with Crippen LogP contribution in [0.4, 0.5) is 5.13 Å². The van der Waals surface area contributed by atoms with E-state index in [1.165, 1.54) is 31.4 Å². The molecule has 0 spiro atoms. The van der Waals surface area contributed by atoms with E-state index in [4.69, 9.17) is 0 Å². The van der Waals surface area contributed by atoms with E-state index in [0.717, 1.165) is 28.8 Å². The highest BCUT2D eigenvalue weighted by Crippen LogP contribution is 2.38. The lowest BCUT2D eigenvalue weighted by Crippen LogP contribution is -2.49. The van der Waals surface area contributed by atoms with E-state index < -0.39 is 0 Å². The second kappa shape index (κ2) is 4.53. The molecule has 1 aromatic rings. The fourth-order valence-corrected chi connectivity index (χ4v) is 4.94. The first-order valence-corrected chi connectivity index (χ1v) is 7.85. The zero-order valence-electron chi connectivity index (χ0n) is 9.56. The second-order valence-electron chi connectivity index (χ2n) is 4.58. The minimum atomic E-state index is 0.722. The molecule has 2 heterocycles. The first kappa shape index (κ1) is 10.8. The summed E-state index contributed by atoms with van der Waals surface area (Å²) >= 11 is 3.73. The highest BCUT2D eigenvalue weighted by atomic mass is 32.2. The van der Waals surface area contributed by atoms with Crippen LogP contribution in [0.2, 0.25) is 0 Å². The lowest BCUT2D eigenvalue weighted by atomic mass is 9.93. The van der Waals surface area contributed by atoms with Crippen molar-refractivity contribution >= 4 is 28.4 Å². The summed E-state index contributed by atoms with van der Waals surface area (Å²) in [5.41, 5.74) is 0. The van der Waals surface area contributed by atoms with E-state index in [1.807, 2.05) is 6.92 Å². The van der Waals surface area contributed by atoms with E-state index in [1.54, 1.807) is 11.5 Å². The minimum absolute atomic E-state index is 0.722. The Labute approximate surface area is 105 Å². The Morgan fingerprint density at radius 1 is 1.31 bits per heavy atom. The van der Waals surface area contributed by atoms with Crippen LogP contribution in [0.15, 0.2) is 0 Å². The van der Waals surface area contributed by atoms with Crippen LogP contribution in [0, 0.1) is 6.92 Å². The van der Waals surface area contributed by atoms with Gasteiger partial charge in [-0.15, -0.1) is 0 Å². The van der Waals surface area contributed by atoms with Gasteiger partial charge in [0.1, 0.15) is 5.82 Å². The summed E-state index contributed by atoms with van der Waals surface area (Å²) < 4.78 is 4.31. The molecule has 2 atom stereocenters. The Kier molecular flexibility index (Phi) is 3.07. The van der Waals surface area contributed by atoms with Gasteiger partial charge in [-0.1, -0.05) is 12.8 Å². The molecule has 2 fully saturated rings. The largest absolute Gasteiger partial charge is 0.342 e. The molecule has 3 rings (SSSR count). The van der Waals surface area contributed by atoms with Gasteiger partial charge < -0.3 is 4.90 Å². The highest BCUT2D eigenvalue weighted by molar-refractivity contribution is 8.00. The van der Waals surface area contributed by atoms with Gasteiger partial charge in [-0.2, -0.15) is 16.1 Å². The summed E-state index contributed by atoms with van der Waals surface area (Å²) in [6.45, 7) is 3.14. The van der Waals surface area contributed by atoms with Gasteiger partial charge in [0.25, 0.3) is 0 Å². The molecule has 2 unspecified atom stereocenters. The molecule has 0 N–H and O–H groups in total. The fraction of sp³-hybridized carbons (Fsp3) is 0.818. The standard InChI is InChI=1S/C11H17N3S2/c1-8-12-11(16-13-8)14-6-7-15-10-5-3-2-4-9(10)14/h9-10H,2-7H2,1H3. The molecule has 5 heteroatoms. The van der Waals surface area contributed by atoms with Gasteiger partial charge in [0.05, 0.1) is 0 Å². The summed E-state index contributed by atoms with van der Waals surface area (Å²) in [5.74, 6) is 2.17. The Hall–Kier alpha value is -0.290. The molecule has 1 aliphatic carbocycles. The maximum absolute atomic E-state index is 4.55. The van der Waals surface area contributed by atoms with Crippen molar-refractivity contribution in [3.05, 3.63) is 5.82 Å². The molecule has 2 aliphatic rings. The first-order chi connectivity index (χ1) is 7.84. The molecule has 1 saturated carbocycles. The summed E-state index contributed by atoms with van der Waals surface area (Å²) in [5, 5.41) is 1.99. The predicted molar refractivity (Wildman–Crippen MR) is 70.5 cm³/mol. The Bertz CT molecular complexity index is 364. The lowest BCUT2D eigenvalue weighted by molar-refractivity contribution is 0.422. The molecule has 0 bridgehead atoms. The Balaban J connectivity index is 1.82. The zero-order valence-corrected chi connectivity index (χ0v) is 11.2. The van der Waals surface area contributed by atoms with Gasteiger partial charge in [0, 0.05) is 35.1 Å².